The van der Waals surface area contributed by atoms with Gasteiger partial charge in [0, 0.05) is 36.1 Å². The van der Waals surface area contributed by atoms with Gasteiger partial charge in [-0.05, 0) is 48.4 Å². The molecule has 0 radical (unpaired) electrons. The number of methoxy groups -OCH3 is 1. The summed E-state index contributed by atoms with van der Waals surface area (Å²) >= 11 is 0. The van der Waals surface area contributed by atoms with Crippen molar-refractivity contribution in [3.05, 3.63) is 126 Å². The van der Waals surface area contributed by atoms with Crippen molar-refractivity contribution >= 4 is 28.9 Å². The summed E-state index contributed by atoms with van der Waals surface area (Å²) in [4.78, 5) is 24.7. The highest BCUT2D eigenvalue weighted by Crippen LogP contribution is 2.23. The summed E-state index contributed by atoms with van der Waals surface area (Å²) in [6.07, 6.45) is 15.8. The molecule has 0 fully saturated rings. The Hall–Kier alpha value is -4.38. The average molecular weight is 549 g/mol. The van der Waals surface area contributed by atoms with E-state index in [1.807, 2.05) is 36.4 Å². The first-order valence-electron chi connectivity index (χ1n) is 14.5. The van der Waals surface area contributed by atoms with Gasteiger partial charge in [-0.2, -0.15) is 0 Å². The number of para-hydroxylation sites is 1. The van der Waals surface area contributed by atoms with Crippen LogP contribution in [0.5, 0.6) is 0 Å². The highest BCUT2D eigenvalue weighted by Gasteiger charge is 2.15. The Balaban J connectivity index is 1.36. The largest absolute Gasteiger partial charge is 0.466 e. The zero-order chi connectivity index (χ0) is 28.7. The van der Waals surface area contributed by atoms with E-state index in [1.165, 1.54) is 18.7 Å². The first-order chi connectivity index (χ1) is 20.1. The van der Waals surface area contributed by atoms with Gasteiger partial charge < -0.3 is 14.6 Å². The lowest BCUT2D eigenvalue weighted by Crippen LogP contribution is -2.35. The Labute approximate surface area is 243 Å². The molecule has 5 heteroatoms. The minimum Gasteiger partial charge on any atom is -0.466 e. The van der Waals surface area contributed by atoms with Crippen molar-refractivity contribution in [3.8, 4) is 0 Å². The summed E-state index contributed by atoms with van der Waals surface area (Å²) < 4.78 is 7.02. The van der Waals surface area contributed by atoms with Crippen LogP contribution in [0.3, 0.4) is 0 Å². The first-order valence-corrected chi connectivity index (χ1v) is 14.5. The van der Waals surface area contributed by atoms with Crippen molar-refractivity contribution in [3.63, 3.8) is 0 Å². The number of hydrogen-bond donors (Lipinski definition) is 1. The lowest BCUT2D eigenvalue weighted by atomic mass is 10.0. The maximum Gasteiger partial charge on any atom is 0.330 e. The molecule has 5 nitrogen and oxygen atoms in total. The minimum absolute atomic E-state index is 0.00195. The minimum atomic E-state index is -0.434. The predicted octanol–water partition coefficient (Wildman–Crippen LogP) is 7.30. The van der Waals surface area contributed by atoms with Gasteiger partial charge in [-0.25, -0.2) is 4.79 Å². The molecular formula is C36H40N2O3. The summed E-state index contributed by atoms with van der Waals surface area (Å²) in [5.41, 5.74) is 4.78. The summed E-state index contributed by atoms with van der Waals surface area (Å²) in [5, 5.41) is 4.29. The number of hydrogen-bond acceptors (Lipinski definition) is 3. The van der Waals surface area contributed by atoms with Crippen molar-refractivity contribution in [2.75, 3.05) is 7.11 Å². The van der Waals surface area contributed by atoms with Gasteiger partial charge in [-0.1, -0.05) is 110 Å². The number of aromatic nitrogens is 1. The SMILES string of the molecule is COC(=O)/C=C/[C@@H](Cc1cn(C/C=C/c2ccccc2)c2ccccc12)NC(=O)CCCCCCc1ccccc1. The average Bonchev–Trinajstić information content (AvgIpc) is 3.35. The molecule has 1 atom stereocenters. The third kappa shape index (κ3) is 9.64. The molecule has 1 amide bonds. The number of ether oxygens (including phenoxy) is 1. The molecule has 0 saturated heterocycles. The predicted molar refractivity (Wildman–Crippen MR) is 167 cm³/mol. The fourth-order valence-electron chi connectivity index (χ4n) is 5.06. The number of carbonyl (C=O) groups excluding carboxylic acids is 2. The number of benzene rings is 3. The maximum atomic E-state index is 12.9. The molecule has 1 N–H and O–H groups in total. The van der Waals surface area contributed by atoms with Crippen molar-refractivity contribution in [2.45, 2.75) is 57.5 Å². The van der Waals surface area contributed by atoms with Gasteiger partial charge in [0.1, 0.15) is 0 Å². The molecule has 0 bridgehead atoms. The van der Waals surface area contributed by atoms with Gasteiger partial charge in [-0.3, -0.25) is 4.79 Å². The number of carbonyl (C=O) groups is 2. The van der Waals surface area contributed by atoms with Crippen molar-refractivity contribution in [2.24, 2.45) is 0 Å². The van der Waals surface area contributed by atoms with Gasteiger partial charge in [0.2, 0.25) is 5.91 Å². The van der Waals surface area contributed by atoms with E-state index in [1.54, 1.807) is 6.08 Å². The molecule has 1 aromatic heterocycles. The third-order valence-electron chi connectivity index (χ3n) is 7.20. The van der Waals surface area contributed by atoms with Gasteiger partial charge in [-0.15, -0.1) is 0 Å². The number of unbranched alkanes of at least 4 members (excludes halogenated alkanes) is 3. The third-order valence-corrected chi connectivity index (χ3v) is 7.20. The van der Waals surface area contributed by atoms with Crippen LogP contribution in [0.15, 0.2) is 109 Å². The van der Waals surface area contributed by atoms with Crippen LogP contribution in [-0.2, 0) is 33.7 Å². The number of esters is 1. The lowest BCUT2D eigenvalue weighted by Gasteiger charge is -2.15. The highest BCUT2D eigenvalue weighted by molar-refractivity contribution is 5.85. The van der Waals surface area contributed by atoms with Crippen LogP contribution in [0.4, 0.5) is 0 Å². The monoisotopic (exact) mass is 548 g/mol. The second-order valence-corrected chi connectivity index (χ2v) is 10.3. The summed E-state index contributed by atoms with van der Waals surface area (Å²) in [6.45, 7) is 0.731. The molecule has 4 rings (SSSR count). The second-order valence-electron chi connectivity index (χ2n) is 10.3. The molecule has 0 aliphatic heterocycles. The zero-order valence-corrected chi connectivity index (χ0v) is 23.9. The standard InChI is InChI=1S/C36H40N2O3/c1-41-36(40)25-24-32(37-35(39)23-11-3-2-6-15-29-16-7-4-8-17-29)27-31-28-38(34-22-13-12-21-33(31)34)26-14-20-30-18-9-5-10-19-30/h4-5,7-10,12-14,16-22,24-25,28,32H,2-3,6,11,15,23,26-27H2,1H3,(H,37,39)/b20-14+,25-24+/t32-/m0/s1. The quantitative estimate of drug-likeness (QED) is 0.0963. The fraction of sp³-hybridized carbons (Fsp3) is 0.278. The highest BCUT2D eigenvalue weighted by atomic mass is 16.5. The Kier molecular flexibility index (Phi) is 11.6. The van der Waals surface area contributed by atoms with E-state index in [0.717, 1.165) is 60.7 Å². The van der Waals surface area contributed by atoms with Crippen LogP contribution in [-0.4, -0.2) is 29.6 Å². The number of amides is 1. The Morgan fingerprint density at radius 1 is 0.878 bits per heavy atom. The van der Waals surface area contributed by atoms with E-state index in [2.05, 4.69) is 76.8 Å². The van der Waals surface area contributed by atoms with Crippen molar-refractivity contribution < 1.29 is 14.3 Å². The normalized spacial score (nSPS) is 12.2. The second kappa shape index (κ2) is 16.0. The smallest absolute Gasteiger partial charge is 0.330 e. The maximum absolute atomic E-state index is 12.9. The Bertz CT molecular complexity index is 1440. The topological polar surface area (TPSA) is 60.3 Å². The van der Waals surface area contributed by atoms with E-state index in [4.69, 9.17) is 4.74 Å². The number of aryl methyl sites for hydroxylation is 1. The molecule has 0 spiro atoms. The number of nitrogens with one attached hydrogen (secondary N) is 1. The summed E-state index contributed by atoms with van der Waals surface area (Å²) in [7, 11) is 1.36. The molecule has 0 unspecified atom stereocenters. The van der Waals surface area contributed by atoms with Crippen molar-refractivity contribution in [1.29, 1.82) is 0 Å². The number of fused-ring (bicyclic) bond motifs is 1. The van der Waals surface area contributed by atoms with Gasteiger partial charge in [0.25, 0.3) is 0 Å². The molecule has 4 aromatic rings. The molecule has 0 aliphatic carbocycles. The summed E-state index contributed by atoms with van der Waals surface area (Å²) in [6, 6.07) is 28.7. The van der Waals surface area contributed by atoms with Crippen LogP contribution in [0.25, 0.3) is 17.0 Å². The van der Waals surface area contributed by atoms with Gasteiger partial charge >= 0.3 is 5.97 Å². The molecule has 0 saturated carbocycles. The van der Waals surface area contributed by atoms with Crippen LogP contribution in [0.2, 0.25) is 0 Å². The van der Waals surface area contributed by atoms with Crippen LogP contribution >= 0.6 is 0 Å². The van der Waals surface area contributed by atoms with E-state index in [0.29, 0.717) is 12.8 Å². The lowest BCUT2D eigenvalue weighted by molar-refractivity contribution is -0.135. The van der Waals surface area contributed by atoms with Crippen LogP contribution in [0, 0.1) is 0 Å². The van der Waals surface area contributed by atoms with Crippen molar-refractivity contribution in [1.82, 2.24) is 9.88 Å². The number of rotatable bonds is 15. The first kappa shape index (κ1) is 29.6. The summed E-state index contributed by atoms with van der Waals surface area (Å²) in [5.74, 6) is -0.432. The number of nitrogens with zero attached hydrogens (tertiary/aromatic N) is 1. The van der Waals surface area contributed by atoms with Crippen LogP contribution < -0.4 is 5.32 Å². The molecule has 0 aliphatic rings. The molecule has 41 heavy (non-hydrogen) atoms. The van der Waals surface area contributed by atoms with Crippen LogP contribution in [0.1, 0.15) is 48.8 Å². The Morgan fingerprint density at radius 3 is 2.37 bits per heavy atom. The van der Waals surface area contributed by atoms with Gasteiger partial charge in [0.05, 0.1) is 13.2 Å². The van der Waals surface area contributed by atoms with E-state index >= 15 is 0 Å². The fourth-order valence-corrected chi connectivity index (χ4v) is 5.06. The van der Waals surface area contributed by atoms with E-state index in [9.17, 15) is 9.59 Å². The molecule has 212 valence electrons. The number of allylic oxidation sites excluding steroid dienone is 1. The Morgan fingerprint density at radius 2 is 1.59 bits per heavy atom. The molecule has 3 aromatic carbocycles. The zero-order valence-electron chi connectivity index (χ0n) is 23.9. The molecule has 1 heterocycles. The van der Waals surface area contributed by atoms with E-state index < -0.39 is 5.97 Å². The van der Waals surface area contributed by atoms with E-state index in [-0.39, 0.29) is 11.9 Å². The van der Waals surface area contributed by atoms with Gasteiger partial charge in [0.15, 0.2) is 0 Å². The molecular weight excluding hydrogens is 508 g/mol.